The molecule has 4 nitrogen and oxygen atoms in total. The summed E-state index contributed by atoms with van der Waals surface area (Å²) >= 11 is 0. The maximum Gasteiger partial charge on any atom is 0.241 e. The number of phenols is 1. The van der Waals surface area contributed by atoms with E-state index in [-0.39, 0.29) is 11.7 Å². The van der Waals surface area contributed by atoms with Crippen LogP contribution in [0.3, 0.4) is 0 Å². The quantitative estimate of drug-likeness (QED) is 0.886. The first kappa shape index (κ1) is 16.2. The summed E-state index contributed by atoms with van der Waals surface area (Å²) in [5, 5.41) is 12.9. The number of carbonyl (C=O) groups is 1. The molecule has 0 saturated carbocycles. The minimum absolute atomic E-state index is 0.142. The molecular formula is C21H24N2O2. The minimum Gasteiger partial charge on any atom is -0.508 e. The fourth-order valence-electron chi connectivity index (χ4n) is 4.29. The molecule has 0 bridgehead atoms. The van der Waals surface area contributed by atoms with Crippen LogP contribution in [0.1, 0.15) is 36.0 Å². The van der Waals surface area contributed by atoms with Crippen molar-refractivity contribution in [1.29, 1.82) is 0 Å². The Labute approximate surface area is 148 Å². The Morgan fingerprint density at radius 3 is 2.76 bits per heavy atom. The van der Waals surface area contributed by atoms with Gasteiger partial charge in [-0.1, -0.05) is 36.4 Å². The van der Waals surface area contributed by atoms with Gasteiger partial charge < -0.3 is 10.4 Å². The molecule has 2 aromatic rings. The van der Waals surface area contributed by atoms with E-state index in [2.05, 4.69) is 28.4 Å². The molecule has 25 heavy (non-hydrogen) atoms. The Bertz CT molecular complexity index is 789. The third-order valence-corrected chi connectivity index (χ3v) is 5.62. The molecular weight excluding hydrogens is 312 g/mol. The van der Waals surface area contributed by atoms with E-state index in [1.807, 2.05) is 18.2 Å². The third-order valence-electron chi connectivity index (χ3n) is 5.62. The van der Waals surface area contributed by atoms with Crippen LogP contribution in [0.2, 0.25) is 0 Å². The number of fused-ring (bicyclic) bond motifs is 1. The number of amides is 1. The third kappa shape index (κ3) is 3.02. The number of aromatic hydroxyl groups is 1. The van der Waals surface area contributed by atoms with Crippen molar-refractivity contribution >= 4 is 5.91 Å². The van der Waals surface area contributed by atoms with Crippen LogP contribution in [0, 0.1) is 0 Å². The summed E-state index contributed by atoms with van der Waals surface area (Å²) in [6.07, 6.45) is 3.82. The monoisotopic (exact) mass is 336 g/mol. The fraction of sp³-hybridized carbons (Fsp3) is 0.381. The molecule has 2 aliphatic rings. The second-order valence-electron chi connectivity index (χ2n) is 7.21. The van der Waals surface area contributed by atoms with Crippen LogP contribution < -0.4 is 5.32 Å². The van der Waals surface area contributed by atoms with Crippen LogP contribution in [0.5, 0.6) is 5.75 Å². The van der Waals surface area contributed by atoms with Crippen LogP contribution in [-0.2, 0) is 24.3 Å². The molecule has 4 heteroatoms. The number of hydrogen-bond donors (Lipinski definition) is 2. The molecule has 1 saturated heterocycles. The van der Waals surface area contributed by atoms with Crippen LogP contribution in [0.4, 0.5) is 0 Å². The van der Waals surface area contributed by atoms with E-state index in [1.54, 1.807) is 12.1 Å². The summed E-state index contributed by atoms with van der Waals surface area (Å²) in [4.78, 5) is 15.4. The van der Waals surface area contributed by atoms with Crippen LogP contribution >= 0.6 is 0 Å². The maximum absolute atomic E-state index is 13.1. The molecule has 1 amide bonds. The van der Waals surface area contributed by atoms with Gasteiger partial charge in [0, 0.05) is 19.5 Å². The zero-order chi connectivity index (χ0) is 17.3. The van der Waals surface area contributed by atoms with Crippen LogP contribution in [-0.4, -0.2) is 28.0 Å². The average Bonchev–Trinajstić information content (AvgIpc) is 2.75. The SMILES string of the molecule is O=C1NCc2ccccc2CC12CCCCN2Cc1cccc(O)c1. The summed E-state index contributed by atoms with van der Waals surface area (Å²) in [5.74, 6) is 0.419. The molecule has 1 spiro atoms. The minimum atomic E-state index is -0.490. The number of carbonyl (C=O) groups excluding carboxylic acids is 1. The van der Waals surface area contributed by atoms with E-state index in [1.165, 1.54) is 11.1 Å². The number of rotatable bonds is 2. The number of piperidine rings is 1. The lowest BCUT2D eigenvalue weighted by molar-refractivity contribution is -0.136. The highest BCUT2D eigenvalue weighted by molar-refractivity contribution is 5.87. The van der Waals surface area contributed by atoms with Gasteiger partial charge >= 0.3 is 0 Å². The number of likely N-dealkylation sites (tertiary alicyclic amines) is 1. The molecule has 130 valence electrons. The van der Waals surface area contributed by atoms with Gasteiger partial charge in [0.25, 0.3) is 0 Å². The van der Waals surface area contributed by atoms with Crippen molar-refractivity contribution in [1.82, 2.24) is 10.2 Å². The predicted molar refractivity (Wildman–Crippen MR) is 97.1 cm³/mol. The summed E-state index contributed by atoms with van der Waals surface area (Å²) in [7, 11) is 0. The highest BCUT2D eigenvalue weighted by atomic mass is 16.3. The number of benzene rings is 2. The first-order chi connectivity index (χ1) is 12.2. The molecule has 4 rings (SSSR count). The topological polar surface area (TPSA) is 52.6 Å². The zero-order valence-electron chi connectivity index (χ0n) is 14.4. The Morgan fingerprint density at radius 2 is 1.92 bits per heavy atom. The summed E-state index contributed by atoms with van der Waals surface area (Å²) in [5.41, 5.74) is 3.04. The van der Waals surface area contributed by atoms with Crippen molar-refractivity contribution in [2.75, 3.05) is 6.54 Å². The van der Waals surface area contributed by atoms with E-state index in [0.717, 1.165) is 37.8 Å². The Kier molecular flexibility index (Phi) is 4.22. The van der Waals surface area contributed by atoms with Gasteiger partial charge in [-0.15, -0.1) is 0 Å². The van der Waals surface area contributed by atoms with Gasteiger partial charge in [-0.05, 0) is 54.6 Å². The molecule has 2 heterocycles. The standard InChI is InChI=1S/C21H24N2O2/c24-19-9-5-6-16(12-19)15-23-11-4-3-10-21(23)13-17-7-1-2-8-18(17)14-22-20(21)25/h1-2,5-9,12,24H,3-4,10-11,13-15H2,(H,22,25). The van der Waals surface area contributed by atoms with Gasteiger partial charge in [-0.25, -0.2) is 0 Å². The predicted octanol–water partition coefficient (Wildman–Crippen LogP) is 2.99. The van der Waals surface area contributed by atoms with Crippen molar-refractivity contribution in [3.63, 3.8) is 0 Å². The lowest BCUT2D eigenvalue weighted by Crippen LogP contribution is -2.60. The summed E-state index contributed by atoms with van der Waals surface area (Å²) in [6.45, 7) is 2.20. The van der Waals surface area contributed by atoms with E-state index >= 15 is 0 Å². The van der Waals surface area contributed by atoms with Gasteiger partial charge in [0.05, 0.1) is 0 Å². The molecule has 2 aliphatic heterocycles. The number of nitrogens with one attached hydrogen (secondary N) is 1. The average molecular weight is 336 g/mol. The molecule has 0 aromatic heterocycles. The van der Waals surface area contributed by atoms with E-state index in [4.69, 9.17) is 0 Å². The molecule has 1 unspecified atom stereocenters. The summed E-state index contributed by atoms with van der Waals surface area (Å²) < 4.78 is 0. The first-order valence-corrected chi connectivity index (χ1v) is 9.05. The second kappa shape index (κ2) is 6.52. The molecule has 2 N–H and O–H groups in total. The van der Waals surface area contributed by atoms with Crippen molar-refractivity contribution < 1.29 is 9.90 Å². The van der Waals surface area contributed by atoms with Crippen molar-refractivity contribution in [2.45, 2.75) is 44.3 Å². The van der Waals surface area contributed by atoms with Crippen molar-refractivity contribution in [3.8, 4) is 5.75 Å². The van der Waals surface area contributed by atoms with Crippen molar-refractivity contribution in [3.05, 3.63) is 65.2 Å². The lowest BCUT2D eigenvalue weighted by Gasteiger charge is -2.45. The van der Waals surface area contributed by atoms with Crippen LogP contribution in [0.25, 0.3) is 0 Å². The van der Waals surface area contributed by atoms with Gasteiger partial charge in [0.1, 0.15) is 11.3 Å². The van der Waals surface area contributed by atoms with Gasteiger partial charge in [-0.3, -0.25) is 9.69 Å². The lowest BCUT2D eigenvalue weighted by atomic mass is 9.80. The highest BCUT2D eigenvalue weighted by Crippen LogP contribution is 2.36. The molecule has 2 aromatic carbocycles. The first-order valence-electron chi connectivity index (χ1n) is 9.05. The highest BCUT2D eigenvalue weighted by Gasteiger charge is 2.46. The molecule has 0 radical (unpaired) electrons. The van der Waals surface area contributed by atoms with Crippen LogP contribution in [0.15, 0.2) is 48.5 Å². The largest absolute Gasteiger partial charge is 0.508 e. The summed E-state index contributed by atoms with van der Waals surface area (Å²) in [6, 6.07) is 15.7. The van der Waals surface area contributed by atoms with Gasteiger partial charge in [-0.2, -0.15) is 0 Å². The Balaban J connectivity index is 1.69. The second-order valence-corrected chi connectivity index (χ2v) is 7.21. The smallest absolute Gasteiger partial charge is 0.241 e. The van der Waals surface area contributed by atoms with Crippen molar-refractivity contribution in [2.24, 2.45) is 0 Å². The zero-order valence-corrected chi connectivity index (χ0v) is 14.4. The Hall–Kier alpha value is -2.33. The van der Waals surface area contributed by atoms with E-state index < -0.39 is 5.54 Å². The fourth-order valence-corrected chi connectivity index (χ4v) is 4.29. The van der Waals surface area contributed by atoms with E-state index in [0.29, 0.717) is 13.1 Å². The van der Waals surface area contributed by atoms with E-state index in [9.17, 15) is 9.90 Å². The number of phenolic OH excluding ortho intramolecular Hbond substituents is 1. The molecule has 1 fully saturated rings. The molecule has 1 atom stereocenters. The number of nitrogens with zero attached hydrogens (tertiary/aromatic N) is 1. The van der Waals surface area contributed by atoms with Gasteiger partial charge in [0.2, 0.25) is 5.91 Å². The van der Waals surface area contributed by atoms with Gasteiger partial charge in [0.15, 0.2) is 0 Å². The normalized spacial score (nSPS) is 23.8. The Morgan fingerprint density at radius 1 is 1.08 bits per heavy atom. The molecule has 0 aliphatic carbocycles. The number of hydrogen-bond acceptors (Lipinski definition) is 3. The maximum atomic E-state index is 13.1.